The van der Waals surface area contributed by atoms with Gasteiger partial charge in [-0.2, -0.15) is 0 Å². The molecule has 1 heterocycles. The molecular weight excluding hydrogens is 369 g/mol. The Labute approximate surface area is 156 Å². The highest BCUT2D eigenvalue weighted by Crippen LogP contribution is 2.29. The molecule has 3 aromatic rings. The fourth-order valence-electron chi connectivity index (χ4n) is 2.73. The quantitative estimate of drug-likeness (QED) is 0.492. The van der Waals surface area contributed by atoms with E-state index < -0.39 is 21.8 Å². The predicted octanol–water partition coefficient (Wildman–Crippen LogP) is 3.90. The topological polar surface area (TPSA) is 65.4 Å². The first-order valence-electron chi connectivity index (χ1n) is 8.31. The van der Waals surface area contributed by atoms with E-state index in [2.05, 4.69) is 0 Å². The van der Waals surface area contributed by atoms with Crippen LogP contribution >= 0.6 is 0 Å². The lowest BCUT2D eigenvalue weighted by Gasteiger charge is -2.08. The van der Waals surface area contributed by atoms with Crippen molar-refractivity contribution in [2.24, 2.45) is 0 Å². The second-order valence-electron chi connectivity index (χ2n) is 5.92. The van der Waals surface area contributed by atoms with E-state index in [-0.39, 0.29) is 17.0 Å². The molecular formula is C20H18FNO4S. The third kappa shape index (κ3) is 3.64. The van der Waals surface area contributed by atoms with E-state index in [0.717, 1.165) is 9.54 Å². The van der Waals surface area contributed by atoms with Crippen LogP contribution in [-0.2, 0) is 19.6 Å². The van der Waals surface area contributed by atoms with Gasteiger partial charge in [0.2, 0.25) is 0 Å². The molecule has 0 unspecified atom stereocenters. The molecule has 0 bridgehead atoms. The summed E-state index contributed by atoms with van der Waals surface area (Å²) in [7, 11) is -4.01. The number of carbonyl (C=O) groups is 1. The van der Waals surface area contributed by atoms with Gasteiger partial charge in [-0.3, -0.25) is 0 Å². The smallest absolute Gasteiger partial charge is 0.330 e. The van der Waals surface area contributed by atoms with Gasteiger partial charge >= 0.3 is 5.97 Å². The van der Waals surface area contributed by atoms with E-state index >= 15 is 0 Å². The highest BCUT2D eigenvalue weighted by molar-refractivity contribution is 7.90. The Kier molecular flexibility index (Phi) is 5.14. The van der Waals surface area contributed by atoms with Gasteiger partial charge in [-0.05, 0) is 38.1 Å². The Morgan fingerprint density at radius 1 is 1.19 bits per heavy atom. The summed E-state index contributed by atoms with van der Waals surface area (Å²) in [6.07, 6.45) is 3.91. The van der Waals surface area contributed by atoms with Crippen LogP contribution in [0.25, 0.3) is 17.0 Å². The maximum Gasteiger partial charge on any atom is 0.330 e. The van der Waals surface area contributed by atoms with Crippen LogP contribution in [0.3, 0.4) is 0 Å². The number of para-hydroxylation sites is 1. The standard InChI is InChI=1S/C20H18FNO4S/c1-3-26-19(23)12-9-15-13-22(20-17(15)5-4-6-18(20)21)27(24,25)16-10-7-14(2)8-11-16/h4-13H,3H2,1-2H3. The number of benzene rings is 2. The summed E-state index contributed by atoms with van der Waals surface area (Å²) in [4.78, 5) is 11.6. The summed E-state index contributed by atoms with van der Waals surface area (Å²) in [5.41, 5.74) is 1.24. The maximum absolute atomic E-state index is 14.5. The van der Waals surface area contributed by atoms with Gasteiger partial charge in [0.1, 0.15) is 11.3 Å². The molecule has 5 nitrogen and oxygen atoms in total. The summed E-state index contributed by atoms with van der Waals surface area (Å²) in [5, 5.41) is 0.381. The molecule has 0 aliphatic carbocycles. The highest BCUT2D eigenvalue weighted by Gasteiger charge is 2.22. The van der Waals surface area contributed by atoms with Crippen LogP contribution in [-0.4, -0.2) is 25.0 Å². The highest BCUT2D eigenvalue weighted by atomic mass is 32.2. The molecule has 3 rings (SSSR count). The van der Waals surface area contributed by atoms with Crippen LogP contribution in [0.5, 0.6) is 0 Å². The molecule has 0 radical (unpaired) electrons. The lowest BCUT2D eigenvalue weighted by atomic mass is 10.1. The number of aromatic nitrogens is 1. The van der Waals surface area contributed by atoms with E-state index in [4.69, 9.17) is 4.74 Å². The molecule has 0 amide bonds. The van der Waals surface area contributed by atoms with Crippen molar-refractivity contribution in [3.05, 3.63) is 71.7 Å². The molecule has 140 valence electrons. The lowest BCUT2D eigenvalue weighted by Crippen LogP contribution is -2.12. The zero-order valence-electron chi connectivity index (χ0n) is 14.8. The van der Waals surface area contributed by atoms with Gasteiger partial charge in [0.25, 0.3) is 10.0 Å². The van der Waals surface area contributed by atoms with Crippen molar-refractivity contribution in [3.63, 3.8) is 0 Å². The summed E-state index contributed by atoms with van der Waals surface area (Å²) in [6, 6.07) is 10.6. The van der Waals surface area contributed by atoms with E-state index in [1.54, 1.807) is 25.1 Å². The average Bonchev–Trinajstić information content (AvgIpc) is 3.01. The molecule has 1 aromatic heterocycles. The molecule has 2 aromatic carbocycles. The number of hydrogen-bond acceptors (Lipinski definition) is 4. The molecule has 0 atom stereocenters. The van der Waals surface area contributed by atoms with Crippen LogP contribution in [0.4, 0.5) is 4.39 Å². The summed E-state index contributed by atoms with van der Waals surface area (Å²) < 4.78 is 46.3. The van der Waals surface area contributed by atoms with Crippen molar-refractivity contribution in [1.82, 2.24) is 3.97 Å². The van der Waals surface area contributed by atoms with Gasteiger partial charge in [-0.15, -0.1) is 0 Å². The predicted molar refractivity (Wildman–Crippen MR) is 101 cm³/mol. The van der Waals surface area contributed by atoms with E-state index in [1.807, 2.05) is 6.92 Å². The van der Waals surface area contributed by atoms with Gasteiger partial charge in [0.15, 0.2) is 0 Å². The first-order valence-corrected chi connectivity index (χ1v) is 9.75. The van der Waals surface area contributed by atoms with Crippen LogP contribution in [0.1, 0.15) is 18.1 Å². The second kappa shape index (κ2) is 7.36. The zero-order valence-corrected chi connectivity index (χ0v) is 15.7. The maximum atomic E-state index is 14.5. The van der Waals surface area contributed by atoms with Crippen molar-refractivity contribution in [1.29, 1.82) is 0 Å². The number of rotatable bonds is 5. The van der Waals surface area contributed by atoms with Crippen LogP contribution in [0.2, 0.25) is 0 Å². The van der Waals surface area contributed by atoms with Gasteiger partial charge in [-0.25, -0.2) is 21.6 Å². The summed E-state index contributed by atoms with van der Waals surface area (Å²) in [6.45, 7) is 3.75. The Bertz CT molecular complexity index is 1130. The minimum absolute atomic E-state index is 0.0502. The van der Waals surface area contributed by atoms with E-state index in [9.17, 15) is 17.6 Å². The fraction of sp³-hybridized carbons (Fsp3) is 0.150. The number of carbonyl (C=O) groups excluding carboxylic acids is 1. The summed E-state index contributed by atoms with van der Waals surface area (Å²) in [5.74, 6) is -1.23. The first kappa shape index (κ1) is 18.8. The number of fused-ring (bicyclic) bond motifs is 1. The molecule has 0 fully saturated rings. The van der Waals surface area contributed by atoms with Gasteiger partial charge in [-0.1, -0.05) is 29.8 Å². The van der Waals surface area contributed by atoms with Gasteiger partial charge < -0.3 is 4.74 Å². The minimum Gasteiger partial charge on any atom is -0.463 e. The molecule has 0 aliphatic rings. The molecule has 27 heavy (non-hydrogen) atoms. The van der Waals surface area contributed by atoms with E-state index in [0.29, 0.717) is 10.9 Å². The van der Waals surface area contributed by atoms with Crippen LogP contribution in [0, 0.1) is 12.7 Å². The Balaban J connectivity index is 2.19. The second-order valence-corrected chi connectivity index (χ2v) is 7.73. The average molecular weight is 387 g/mol. The molecule has 0 spiro atoms. The number of nitrogens with zero attached hydrogens (tertiary/aromatic N) is 1. The molecule has 0 aliphatic heterocycles. The van der Waals surface area contributed by atoms with Gasteiger partial charge in [0.05, 0.1) is 11.5 Å². The lowest BCUT2D eigenvalue weighted by molar-refractivity contribution is -0.137. The summed E-state index contributed by atoms with van der Waals surface area (Å²) >= 11 is 0. The monoisotopic (exact) mass is 387 g/mol. The number of esters is 1. The fourth-order valence-corrected chi connectivity index (χ4v) is 4.11. The van der Waals surface area contributed by atoms with Crippen LogP contribution in [0.15, 0.2) is 59.6 Å². The van der Waals surface area contributed by atoms with Crippen molar-refractivity contribution < 1.29 is 22.3 Å². The Morgan fingerprint density at radius 2 is 1.89 bits per heavy atom. The Hall–Kier alpha value is -2.93. The molecule has 7 heteroatoms. The van der Waals surface area contributed by atoms with Crippen molar-refractivity contribution in [2.75, 3.05) is 6.61 Å². The SMILES string of the molecule is CCOC(=O)C=Cc1cn(S(=O)(=O)c2ccc(C)cc2)c2c(F)cccc12. The normalized spacial score (nSPS) is 12.0. The van der Waals surface area contributed by atoms with E-state index in [1.165, 1.54) is 42.6 Å². The third-order valence-electron chi connectivity index (χ3n) is 4.04. The first-order chi connectivity index (χ1) is 12.8. The largest absolute Gasteiger partial charge is 0.463 e. The minimum atomic E-state index is -4.01. The third-order valence-corrected chi connectivity index (χ3v) is 5.71. The molecule has 0 saturated carbocycles. The Morgan fingerprint density at radius 3 is 2.56 bits per heavy atom. The number of ether oxygens (including phenoxy) is 1. The van der Waals surface area contributed by atoms with Gasteiger partial charge in [0, 0.05) is 23.2 Å². The number of halogens is 1. The van der Waals surface area contributed by atoms with Crippen molar-refractivity contribution >= 4 is 33.0 Å². The zero-order chi connectivity index (χ0) is 19.6. The molecule has 0 saturated heterocycles. The number of hydrogen-bond donors (Lipinski definition) is 0. The van der Waals surface area contributed by atoms with Crippen molar-refractivity contribution in [2.45, 2.75) is 18.7 Å². The van der Waals surface area contributed by atoms with Crippen molar-refractivity contribution in [3.8, 4) is 0 Å². The molecule has 0 N–H and O–H groups in total. The van der Waals surface area contributed by atoms with Crippen LogP contribution < -0.4 is 0 Å². The number of aryl methyl sites for hydroxylation is 1.